The molecule has 1 heterocycles. The van der Waals surface area contributed by atoms with E-state index in [0.717, 1.165) is 21.7 Å². The predicted octanol–water partition coefficient (Wildman–Crippen LogP) is 4.34. The van der Waals surface area contributed by atoms with Crippen molar-refractivity contribution in [2.24, 2.45) is 4.99 Å². The van der Waals surface area contributed by atoms with Gasteiger partial charge in [0.15, 0.2) is 4.80 Å². The fraction of sp³-hybridized carbons (Fsp3) is 0.0556. The molecule has 0 aliphatic heterocycles. The van der Waals surface area contributed by atoms with Crippen LogP contribution in [0.4, 0.5) is 5.69 Å². The lowest BCUT2D eigenvalue weighted by Crippen LogP contribution is -2.14. The summed E-state index contributed by atoms with van der Waals surface area (Å²) in [5.41, 5.74) is 3.00. The summed E-state index contributed by atoms with van der Waals surface area (Å²) in [6.45, 7) is 4.52. The summed E-state index contributed by atoms with van der Waals surface area (Å²) in [7, 11) is 0. The fourth-order valence-electron chi connectivity index (χ4n) is 2.24. The van der Waals surface area contributed by atoms with Crippen LogP contribution in [0.15, 0.2) is 77.6 Å². The minimum atomic E-state index is 0.219. The second-order valence-electron chi connectivity index (χ2n) is 4.80. The molecule has 0 fully saturated rings. The van der Waals surface area contributed by atoms with E-state index in [1.807, 2.05) is 30.3 Å². The van der Waals surface area contributed by atoms with Crippen molar-refractivity contribution in [2.75, 3.05) is 0 Å². The molecule has 3 nitrogen and oxygen atoms in total. The van der Waals surface area contributed by atoms with E-state index in [1.165, 1.54) is 0 Å². The van der Waals surface area contributed by atoms with Crippen LogP contribution in [0.5, 0.6) is 5.75 Å². The minimum Gasteiger partial charge on any atom is -0.508 e. The Morgan fingerprint density at radius 2 is 1.95 bits per heavy atom. The second-order valence-corrected chi connectivity index (χ2v) is 5.64. The van der Waals surface area contributed by atoms with Crippen LogP contribution in [0.2, 0.25) is 0 Å². The van der Waals surface area contributed by atoms with Crippen molar-refractivity contribution in [3.8, 4) is 17.0 Å². The number of phenolic OH excluding ortho intramolecular Hbond substituents is 1. The highest BCUT2D eigenvalue weighted by Gasteiger charge is 2.06. The van der Waals surface area contributed by atoms with Crippen molar-refractivity contribution in [3.05, 3.63) is 77.4 Å². The van der Waals surface area contributed by atoms with E-state index in [4.69, 9.17) is 0 Å². The number of benzene rings is 2. The molecular weight excluding hydrogens is 292 g/mol. The summed E-state index contributed by atoms with van der Waals surface area (Å²) in [5, 5.41) is 11.7. The number of hydrogen-bond acceptors (Lipinski definition) is 3. The molecule has 0 bridgehead atoms. The zero-order valence-electron chi connectivity index (χ0n) is 12.0. The molecule has 110 valence electrons. The van der Waals surface area contributed by atoms with Gasteiger partial charge >= 0.3 is 0 Å². The van der Waals surface area contributed by atoms with E-state index < -0.39 is 0 Å². The fourth-order valence-corrected chi connectivity index (χ4v) is 3.18. The van der Waals surface area contributed by atoms with Crippen molar-refractivity contribution < 1.29 is 5.11 Å². The normalized spacial score (nSPS) is 11.5. The molecular formula is C18H16N2OS. The average Bonchev–Trinajstić information content (AvgIpc) is 2.91. The highest BCUT2D eigenvalue weighted by atomic mass is 32.1. The summed E-state index contributed by atoms with van der Waals surface area (Å²) in [6.07, 6.45) is 1.86. The lowest BCUT2D eigenvalue weighted by molar-refractivity contribution is 0.475. The van der Waals surface area contributed by atoms with Gasteiger partial charge in [0.25, 0.3) is 0 Å². The number of nitrogens with zero attached hydrogens (tertiary/aromatic N) is 2. The molecule has 0 spiro atoms. The van der Waals surface area contributed by atoms with Crippen molar-refractivity contribution >= 4 is 17.0 Å². The van der Waals surface area contributed by atoms with Crippen molar-refractivity contribution in [3.63, 3.8) is 0 Å². The first-order valence-electron chi connectivity index (χ1n) is 6.96. The molecule has 0 aliphatic carbocycles. The lowest BCUT2D eigenvalue weighted by Gasteiger charge is -2.06. The summed E-state index contributed by atoms with van der Waals surface area (Å²) in [5.74, 6) is 0.219. The van der Waals surface area contributed by atoms with Gasteiger partial charge in [0.1, 0.15) is 5.75 Å². The van der Waals surface area contributed by atoms with Crippen LogP contribution < -0.4 is 4.80 Å². The van der Waals surface area contributed by atoms with E-state index in [-0.39, 0.29) is 5.75 Å². The van der Waals surface area contributed by atoms with Gasteiger partial charge in [-0.15, -0.1) is 17.9 Å². The third kappa shape index (κ3) is 3.02. The Morgan fingerprint density at radius 1 is 1.14 bits per heavy atom. The van der Waals surface area contributed by atoms with Gasteiger partial charge in [0, 0.05) is 18.0 Å². The van der Waals surface area contributed by atoms with Crippen molar-refractivity contribution in [1.29, 1.82) is 0 Å². The number of phenols is 1. The van der Waals surface area contributed by atoms with Gasteiger partial charge < -0.3 is 9.67 Å². The molecule has 1 aromatic heterocycles. The average molecular weight is 308 g/mol. The zero-order chi connectivity index (χ0) is 15.4. The SMILES string of the molecule is C=CCn1c(-c2ccccc2)csc1=Nc1cccc(O)c1. The van der Waals surface area contributed by atoms with Crippen molar-refractivity contribution in [1.82, 2.24) is 4.57 Å². The second kappa shape index (κ2) is 6.45. The summed E-state index contributed by atoms with van der Waals surface area (Å²) >= 11 is 1.58. The van der Waals surface area contributed by atoms with Gasteiger partial charge in [-0.2, -0.15) is 0 Å². The van der Waals surface area contributed by atoms with Gasteiger partial charge in [-0.3, -0.25) is 0 Å². The third-order valence-corrected chi connectivity index (χ3v) is 4.10. The Kier molecular flexibility index (Phi) is 4.21. The number of hydrogen-bond donors (Lipinski definition) is 1. The number of thiazole rings is 1. The predicted molar refractivity (Wildman–Crippen MR) is 91.3 cm³/mol. The molecule has 3 aromatic rings. The number of aromatic hydroxyl groups is 1. The van der Waals surface area contributed by atoms with Crippen LogP contribution in [0.1, 0.15) is 0 Å². The van der Waals surface area contributed by atoms with Crippen molar-refractivity contribution in [2.45, 2.75) is 6.54 Å². The van der Waals surface area contributed by atoms with Crippen LogP contribution >= 0.6 is 11.3 Å². The largest absolute Gasteiger partial charge is 0.508 e. The summed E-state index contributed by atoms with van der Waals surface area (Å²) in [6, 6.07) is 17.2. The molecule has 2 aromatic carbocycles. The molecule has 1 N–H and O–H groups in total. The van der Waals surface area contributed by atoms with Crippen LogP contribution in [0.25, 0.3) is 11.3 Å². The highest BCUT2D eigenvalue weighted by molar-refractivity contribution is 7.07. The zero-order valence-corrected chi connectivity index (χ0v) is 12.8. The van der Waals surface area contributed by atoms with Crippen LogP contribution in [-0.4, -0.2) is 9.67 Å². The maximum absolute atomic E-state index is 9.57. The quantitative estimate of drug-likeness (QED) is 0.715. The Morgan fingerprint density at radius 3 is 2.68 bits per heavy atom. The first-order chi connectivity index (χ1) is 10.8. The van der Waals surface area contributed by atoms with Gasteiger partial charge in [-0.1, -0.05) is 42.5 Å². The monoisotopic (exact) mass is 308 g/mol. The van der Waals surface area contributed by atoms with E-state index in [0.29, 0.717) is 6.54 Å². The minimum absolute atomic E-state index is 0.219. The molecule has 0 saturated heterocycles. The Balaban J connectivity index is 2.13. The smallest absolute Gasteiger partial charge is 0.190 e. The molecule has 0 unspecified atom stereocenters. The molecule has 4 heteroatoms. The first kappa shape index (κ1) is 14.4. The Labute approximate surface area is 133 Å². The topological polar surface area (TPSA) is 37.5 Å². The Hall–Kier alpha value is -2.59. The standard InChI is InChI=1S/C18H16N2OS/c1-2-11-20-17(14-7-4-3-5-8-14)13-22-18(20)19-15-9-6-10-16(21)12-15/h2-10,12-13,21H,1,11H2. The van der Waals surface area contributed by atoms with E-state index in [9.17, 15) is 5.11 Å². The van der Waals surface area contributed by atoms with Crippen LogP contribution in [0, 0.1) is 0 Å². The van der Waals surface area contributed by atoms with E-state index in [1.54, 1.807) is 29.5 Å². The molecule has 0 amide bonds. The molecule has 0 atom stereocenters. The third-order valence-electron chi connectivity index (χ3n) is 3.23. The molecule has 0 radical (unpaired) electrons. The first-order valence-corrected chi connectivity index (χ1v) is 7.84. The molecule has 22 heavy (non-hydrogen) atoms. The van der Waals surface area contributed by atoms with Gasteiger partial charge in [0.2, 0.25) is 0 Å². The van der Waals surface area contributed by atoms with Gasteiger partial charge in [0.05, 0.1) is 11.4 Å². The highest BCUT2D eigenvalue weighted by Crippen LogP contribution is 2.21. The van der Waals surface area contributed by atoms with E-state index in [2.05, 4.69) is 33.7 Å². The summed E-state index contributed by atoms with van der Waals surface area (Å²) in [4.78, 5) is 5.52. The van der Waals surface area contributed by atoms with E-state index >= 15 is 0 Å². The number of rotatable bonds is 4. The molecule has 0 saturated carbocycles. The summed E-state index contributed by atoms with van der Waals surface area (Å²) < 4.78 is 2.12. The molecule has 0 aliphatic rings. The number of aromatic nitrogens is 1. The maximum Gasteiger partial charge on any atom is 0.190 e. The van der Waals surface area contributed by atoms with Gasteiger partial charge in [-0.05, 0) is 17.7 Å². The van der Waals surface area contributed by atoms with Crippen LogP contribution in [-0.2, 0) is 6.54 Å². The van der Waals surface area contributed by atoms with Gasteiger partial charge in [-0.25, -0.2) is 4.99 Å². The number of allylic oxidation sites excluding steroid dienone is 1. The maximum atomic E-state index is 9.57. The Bertz CT molecular complexity index is 847. The lowest BCUT2D eigenvalue weighted by atomic mass is 10.2. The molecule has 3 rings (SSSR count). The van der Waals surface area contributed by atoms with Crippen LogP contribution in [0.3, 0.4) is 0 Å².